The first-order chi connectivity index (χ1) is 50.2. The van der Waals surface area contributed by atoms with Gasteiger partial charge in [0, 0.05) is 10.0 Å². The largest absolute Gasteiger partial charge is 1.00 e. The number of halogens is 26. The van der Waals surface area contributed by atoms with Gasteiger partial charge < -0.3 is 43.3 Å². The maximum absolute atomic E-state index is 12.8. The van der Waals surface area contributed by atoms with E-state index in [9.17, 15) is 142 Å². The number of hydrogen-bond acceptors (Lipinski definition) is 14. The van der Waals surface area contributed by atoms with Gasteiger partial charge in [0.15, 0.2) is 30.4 Å². The SMILES string of the molecule is CC(C)c1cc(C(C)C)c(S(=O)(=O)[O-])c(C(C)C)c1.Cc1ccc(S(=O)(=O)[O-])cc1.FB(F)F.FC(F)(F)c1ccc([S+](c2ccc(Cl)cc2)c2ccc(Cl)cc2)cc1.F[P-](F)(F)(F)(F)F.O=C([O-])C(Cl)Cl.O=C([O-])C(O)(c1ccccc1)c1ccccc1.O=S(=O)([O-])C(F)(F)F.[B]c1cc(C(F)(F)F)cc(C(F)(F)F)c1.[F-]. The fourth-order valence-electron chi connectivity index (χ4n) is 7.95. The summed E-state index contributed by atoms with van der Waals surface area (Å²) in [5.74, 6) is -2.67. The Labute approximate surface area is 657 Å². The smallest absolute Gasteiger partial charge is 0.485 e. The minimum absolute atomic E-state index is 0. The van der Waals surface area contributed by atoms with Gasteiger partial charge in [-0.25, -0.2) is 25.3 Å². The molecule has 8 aromatic rings. The number of carboxylic acids is 2. The molecule has 0 aromatic heterocycles. The summed E-state index contributed by atoms with van der Waals surface area (Å²) < 4.78 is 324. The monoisotopic (exact) mass is 1810 g/mol. The Morgan fingerprint density at radius 3 is 0.982 bits per heavy atom. The average molecular weight is 1810 g/mol. The second kappa shape index (κ2) is 43.2. The van der Waals surface area contributed by atoms with Crippen LogP contribution >= 0.6 is 54.2 Å². The van der Waals surface area contributed by atoms with Crippen LogP contribution in [0.5, 0.6) is 0 Å². The van der Waals surface area contributed by atoms with Crippen molar-refractivity contribution in [3.63, 3.8) is 0 Å². The number of carbonyl (C=O) groups is 2. The van der Waals surface area contributed by atoms with E-state index in [-0.39, 0.29) is 43.5 Å². The third kappa shape index (κ3) is 42.4. The normalized spacial score (nSPS) is 12.4. The number of hydrogen-bond donors (Lipinski definition) is 1. The zero-order valence-corrected chi connectivity index (χ0v) is 65.2. The van der Waals surface area contributed by atoms with E-state index in [2.05, 4.69) is 13.8 Å². The van der Waals surface area contributed by atoms with Crippen LogP contribution in [0.25, 0.3) is 0 Å². The molecule has 0 saturated carbocycles. The molecule has 0 bridgehead atoms. The van der Waals surface area contributed by atoms with Crippen LogP contribution in [-0.4, -0.2) is 81.7 Å². The van der Waals surface area contributed by atoms with Crippen LogP contribution in [0, 0.1) is 6.92 Å². The van der Waals surface area contributed by atoms with Crippen molar-refractivity contribution in [1.29, 1.82) is 0 Å². The molecule has 0 aliphatic carbocycles. The van der Waals surface area contributed by atoms with Gasteiger partial charge in [0.2, 0.25) is 0 Å². The molecule has 628 valence electrons. The summed E-state index contributed by atoms with van der Waals surface area (Å²) >= 11 is 21.4. The molecular weight excluding hydrogens is 1760 g/mol. The maximum atomic E-state index is 12.8. The summed E-state index contributed by atoms with van der Waals surface area (Å²) in [4.78, 5) is 21.7. The molecule has 0 fully saturated rings. The van der Waals surface area contributed by atoms with Gasteiger partial charge in [-0.05, 0) is 143 Å². The first-order valence-corrected chi connectivity index (χ1v) is 39.0. The Hall–Kier alpha value is -7.08. The fourth-order valence-corrected chi connectivity index (χ4v) is 11.9. The first kappa shape index (κ1) is 108. The predicted molar refractivity (Wildman–Crippen MR) is 374 cm³/mol. The zero-order chi connectivity index (χ0) is 87.8. The van der Waals surface area contributed by atoms with Crippen molar-refractivity contribution in [2.75, 3.05) is 0 Å². The Kier molecular flexibility index (Phi) is 41.3. The molecule has 8 aromatic carbocycles. The molecule has 0 unspecified atom stereocenters. The van der Waals surface area contributed by atoms with Crippen LogP contribution < -0.4 is 20.4 Å². The van der Waals surface area contributed by atoms with Crippen molar-refractivity contribution >= 4 is 128 Å². The van der Waals surface area contributed by atoms with E-state index >= 15 is 0 Å². The topological polar surface area (TPSA) is 272 Å². The molecule has 113 heavy (non-hydrogen) atoms. The number of aryl methyl sites for hydroxylation is 1. The van der Waals surface area contributed by atoms with Crippen molar-refractivity contribution in [1.82, 2.24) is 0 Å². The fraction of sp³-hybridized carbons (Fsp3) is 0.242. The van der Waals surface area contributed by atoms with Crippen LogP contribution in [0.15, 0.2) is 213 Å². The quantitative estimate of drug-likeness (QED) is 0.0227. The van der Waals surface area contributed by atoms with Crippen LogP contribution in [0.3, 0.4) is 0 Å². The van der Waals surface area contributed by atoms with Crippen LogP contribution in [-0.2, 0) is 75.0 Å². The third-order valence-corrected chi connectivity index (χ3v) is 18.4. The molecule has 0 aliphatic heterocycles. The number of carbonyl (C=O) groups excluding carboxylic acids is 2. The van der Waals surface area contributed by atoms with Gasteiger partial charge in [0.1, 0.15) is 32.9 Å². The summed E-state index contributed by atoms with van der Waals surface area (Å²) in [6, 6.07) is 46.8. The molecular formula is C66H57B2Cl4F22O14PS4-6. The summed E-state index contributed by atoms with van der Waals surface area (Å²) in [5.41, 5.74) is -7.94. The predicted octanol–water partition coefficient (Wildman–Crippen LogP) is 16.0. The van der Waals surface area contributed by atoms with Crippen molar-refractivity contribution in [2.45, 2.75) is 125 Å². The third-order valence-electron chi connectivity index (χ3n) is 12.9. The van der Waals surface area contributed by atoms with E-state index < -0.39 is 125 Å². The number of rotatable bonds is 12. The van der Waals surface area contributed by atoms with E-state index in [0.29, 0.717) is 39.2 Å². The van der Waals surface area contributed by atoms with Crippen molar-refractivity contribution in [3.05, 3.63) is 248 Å². The number of carboxylic acid groups (broad SMARTS) is 2. The minimum Gasteiger partial charge on any atom is -1.00 e. The second-order valence-corrected chi connectivity index (χ2v) is 32.7. The van der Waals surface area contributed by atoms with Crippen molar-refractivity contribution < 1.29 is 159 Å². The van der Waals surface area contributed by atoms with Crippen molar-refractivity contribution in [2.24, 2.45) is 0 Å². The Bertz CT molecular complexity index is 4510. The molecule has 0 spiro atoms. The number of aliphatic hydroxyl groups is 1. The summed E-state index contributed by atoms with van der Waals surface area (Å²) in [7, 11) is -24.7. The van der Waals surface area contributed by atoms with E-state index in [4.69, 9.17) is 67.2 Å². The van der Waals surface area contributed by atoms with Crippen LogP contribution in [0.4, 0.5) is 90.8 Å². The molecule has 0 atom stereocenters. The van der Waals surface area contributed by atoms with Gasteiger partial charge in [-0.15, -0.1) is 0 Å². The van der Waals surface area contributed by atoms with Gasteiger partial charge >= 0.3 is 64.6 Å². The summed E-state index contributed by atoms with van der Waals surface area (Å²) in [5, 5.41) is 32.2. The van der Waals surface area contributed by atoms with Gasteiger partial charge in [-0.3, -0.25) is 12.9 Å². The Morgan fingerprint density at radius 2 is 0.761 bits per heavy atom. The van der Waals surface area contributed by atoms with Gasteiger partial charge in [0.25, 0.3) is 0 Å². The van der Waals surface area contributed by atoms with Gasteiger partial charge in [-0.1, -0.05) is 196 Å². The molecule has 14 nitrogen and oxygen atoms in total. The van der Waals surface area contributed by atoms with Crippen molar-refractivity contribution in [3.8, 4) is 0 Å². The molecule has 47 heteroatoms. The van der Waals surface area contributed by atoms with E-state index in [0.717, 1.165) is 37.9 Å². The van der Waals surface area contributed by atoms with Crippen LogP contribution in [0.2, 0.25) is 10.0 Å². The number of benzene rings is 8. The summed E-state index contributed by atoms with van der Waals surface area (Å²) in [6.45, 7) is 13.6. The zero-order valence-electron chi connectivity index (χ0n) is 58.0. The second-order valence-electron chi connectivity index (χ2n) is 22.7. The molecule has 2 radical (unpaired) electrons. The van der Waals surface area contributed by atoms with E-state index in [1.165, 1.54) is 24.3 Å². The Balaban J connectivity index is 0. The number of aliphatic carboxylic acids is 2. The number of alkyl halides is 14. The maximum Gasteiger partial charge on any atom is 0.485 e. The van der Waals surface area contributed by atoms with E-state index in [1.54, 1.807) is 97.1 Å². The average Bonchev–Trinajstić information content (AvgIpc) is 0.770. The molecule has 1 N–H and O–H groups in total. The molecule has 0 saturated heterocycles. The Morgan fingerprint density at radius 1 is 0.478 bits per heavy atom. The first-order valence-electron chi connectivity index (χ1n) is 29.9. The minimum atomic E-state index is -10.7. The molecule has 0 heterocycles. The van der Waals surface area contributed by atoms with Gasteiger partial charge in [0.05, 0.1) is 49.3 Å². The molecule has 0 aliphatic rings. The van der Waals surface area contributed by atoms with E-state index in [1.807, 2.05) is 71.0 Å². The molecule has 8 rings (SSSR count). The van der Waals surface area contributed by atoms with Gasteiger partial charge in [-0.2, -0.15) is 52.7 Å². The standard InChI is InChI=1S/C19H12Cl2F3S.C15H24O3S.C14H12O3.C8H3BF6.C7H8O3S.C2H2Cl2O2.CHF3O3S.BF3.F6P.FH/c20-14-3-9-17(10-4-14)25(18-11-5-15(21)6-12-18)16-7-1-13(2-8-16)19(22,23)24;1-9(2)12-7-13(10(3)4)15(19(16,17)18)14(8-12)11(5)6;15-13(16)14(17,11-7-3-1-4-8-11)12-9-5-2-6-10-12;9-6-2-4(7(10,11)12)1-5(3-6)8(13,14)15;1-6-2-4-7(5-3-6)11(8,9)10;3-1(4)2(5)6;2-1(3,4)8(5,6)7;2-1(3)4;1-7(2,3,4,5)6;/h1-12H;7-11H,1-6H3,(H,16,17,18);1-10,17H,(H,15,16);1-3H;2-5H,1H3,(H,8,9,10);1H,(H,5,6);(H,5,6,7);;;1H/q+1;;;;;;;;-1;/p-6. The van der Waals surface area contributed by atoms with Crippen LogP contribution in [0.1, 0.15) is 109 Å². The summed E-state index contributed by atoms with van der Waals surface area (Å²) in [6.07, 6.45) is -14.0. The molecule has 0 amide bonds.